The molecule has 25 heavy (non-hydrogen) atoms. The van der Waals surface area contributed by atoms with E-state index in [4.69, 9.17) is 34.7 Å². The van der Waals surface area contributed by atoms with Crippen LogP contribution in [-0.4, -0.2) is 26.2 Å². The van der Waals surface area contributed by atoms with Gasteiger partial charge in [-0.1, -0.05) is 23.2 Å². The van der Waals surface area contributed by atoms with Crippen molar-refractivity contribution >= 4 is 62.4 Å². The molecule has 0 amide bonds. The molecule has 0 saturated heterocycles. The number of esters is 2. The topological polar surface area (TPSA) is 105 Å². The van der Waals surface area contributed by atoms with Gasteiger partial charge in [0.1, 0.15) is 0 Å². The second-order valence-corrected chi connectivity index (χ2v) is 6.27. The molecule has 0 bridgehead atoms. The molecule has 0 aromatic heterocycles. The van der Waals surface area contributed by atoms with Crippen molar-refractivity contribution in [1.82, 2.24) is 0 Å². The summed E-state index contributed by atoms with van der Waals surface area (Å²) < 4.78 is 9.64. The van der Waals surface area contributed by atoms with E-state index >= 15 is 0 Å². The minimum Gasteiger partial charge on any atom is -0.465 e. The average Bonchev–Trinajstić information content (AvgIpc) is 2.57. The van der Waals surface area contributed by atoms with Crippen molar-refractivity contribution < 1.29 is 19.1 Å². The smallest absolute Gasteiger partial charge is 0.339 e. The Labute approximate surface area is 163 Å². The summed E-state index contributed by atoms with van der Waals surface area (Å²) in [6.45, 7) is 0. The van der Waals surface area contributed by atoms with Gasteiger partial charge in [0.15, 0.2) is 0 Å². The third-order valence-corrected chi connectivity index (χ3v) is 4.35. The molecule has 134 valence electrons. The molecule has 0 radical (unpaired) electrons. The second kappa shape index (κ2) is 9.50. The average molecular weight is 450 g/mol. The Kier molecular flexibility index (Phi) is 8.02. The molecule has 2 rings (SSSR count). The summed E-state index contributed by atoms with van der Waals surface area (Å²) in [5.74, 6) is -0.931. The van der Waals surface area contributed by atoms with Crippen molar-refractivity contribution in [3.05, 3.63) is 56.0 Å². The molecule has 4 N–H and O–H groups in total. The van der Waals surface area contributed by atoms with Crippen LogP contribution in [0.25, 0.3) is 0 Å². The molecule has 0 aliphatic carbocycles. The molecule has 0 unspecified atom stereocenters. The highest BCUT2D eigenvalue weighted by Gasteiger charge is 2.12. The molecule has 0 saturated carbocycles. The SMILES string of the molecule is COC(=O)c1cc(Br)c(Cl)cc1N.COC(=O)c1ccc(Cl)cc1N. The van der Waals surface area contributed by atoms with Crippen molar-refractivity contribution in [3.8, 4) is 0 Å². The molecule has 0 spiro atoms. The number of nitrogen functional groups attached to an aromatic ring is 2. The first-order valence-corrected chi connectivity index (χ1v) is 8.22. The normalized spacial score (nSPS) is 9.64. The summed E-state index contributed by atoms with van der Waals surface area (Å²) in [6.07, 6.45) is 0. The number of methoxy groups -OCH3 is 2. The lowest BCUT2D eigenvalue weighted by Crippen LogP contribution is -2.05. The monoisotopic (exact) mass is 448 g/mol. The molecule has 2 aromatic carbocycles. The van der Waals surface area contributed by atoms with Crippen LogP contribution in [0.4, 0.5) is 11.4 Å². The Morgan fingerprint density at radius 3 is 1.96 bits per heavy atom. The lowest BCUT2D eigenvalue weighted by atomic mass is 10.2. The van der Waals surface area contributed by atoms with E-state index in [-0.39, 0.29) is 0 Å². The fourth-order valence-electron chi connectivity index (χ4n) is 1.68. The van der Waals surface area contributed by atoms with E-state index in [0.29, 0.717) is 37.0 Å². The predicted molar refractivity (Wildman–Crippen MR) is 102 cm³/mol. The predicted octanol–water partition coefficient (Wildman–Crippen LogP) is 4.18. The number of ether oxygens (including phenoxy) is 2. The van der Waals surface area contributed by atoms with E-state index < -0.39 is 11.9 Å². The quantitative estimate of drug-likeness (QED) is 0.526. The molecule has 9 heteroatoms. The van der Waals surface area contributed by atoms with Gasteiger partial charge in [-0.2, -0.15) is 0 Å². The highest BCUT2D eigenvalue weighted by atomic mass is 79.9. The zero-order valence-electron chi connectivity index (χ0n) is 13.3. The fraction of sp³-hybridized carbons (Fsp3) is 0.125. The van der Waals surface area contributed by atoms with Gasteiger partial charge in [-0.25, -0.2) is 9.59 Å². The van der Waals surface area contributed by atoms with Gasteiger partial charge in [0.05, 0.1) is 30.4 Å². The van der Waals surface area contributed by atoms with Crippen LogP contribution in [0.5, 0.6) is 0 Å². The number of nitrogens with two attached hydrogens (primary N) is 2. The van der Waals surface area contributed by atoms with E-state index in [1.165, 1.54) is 38.5 Å². The van der Waals surface area contributed by atoms with E-state index in [9.17, 15) is 9.59 Å². The van der Waals surface area contributed by atoms with Crippen molar-refractivity contribution in [2.24, 2.45) is 0 Å². The van der Waals surface area contributed by atoms with E-state index in [2.05, 4.69) is 25.4 Å². The summed E-state index contributed by atoms with van der Waals surface area (Å²) in [5, 5.41) is 0.963. The van der Waals surface area contributed by atoms with Crippen LogP contribution in [-0.2, 0) is 9.47 Å². The van der Waals surface area contributed by atoms with Crippen LogP contribution in [0.3, 0.4) is 0 Å². The molecular formula is C16H15BrCl2N2O4. The Balaban J connectivity index is 0.000000251. The second-order valence-electron chi connectivity index (χ2n) is 4.57. The number of halogens is 3. The minimum absolute atomic E-state index is 0.304. The van der Waals surface area contributed by atoms with Gasteiger partial charge in [0, 0.05) is 20.9 Å². The molecule has 0 aliphatic rings. The van der Waals surface area contributed by atoms with Gasteiger partial charge in [0.2, 0.25) is 0 Å². The van der Waals surface area contributed by atoms with Crippen LogP contribution < -0.4 is 11.5 Å². The number of benzene rings is 2. The number of hydrogen-bond donors (Lipinski definition) is 2. The number of carbonyl (C=O) groups is 2. The first-order valence-electron chi connectivity index (χ1n) is 6.67. The van der Waals surface area contributed by atoms with Gasteiger partial charge in [-0.3, -0.25) is 0 Å². The first kappa shape index (κ1) is 21.1. The maximum absolute atomic E-state index is 11.1. The highest BCUT2D eigenvalue weighted by Crippen LogP contribution is 2.28. The minimum atomic E-state index is -0.477. The summed E-state index contributed by atoms with van der Waals surface area (Å²) >= 11 is 14.6. The van der Waals surface area contributed by atoms with Gasteiger partial charge < -0.3 is 20.9 Å². The Hall–Kier alpha value is -1.96. The maximum Gasteiger partial charge on any atom is 0.339 e. The molecule has 2 aromatic rings. The van der Waals surface area contributed by atoms with Gasteiger partial charge in [-0.15, -0.1) is 0 Å². The highest BCUT2D eigenvalue weighted by molar-refractivity contribution is 9.10. The molecule has 0 fully saturated rings. The van der Waals surface area contributed by atoms with Gasteiger partial charge in [-0.05, 0) is 46.3 Å². The summed E-state index contributed by atoms with van der Waals surface area (Å²) in [5.41, 5.74) is 12.3. The number of rotatable bonds is 2. The standard InChI is InChI=1S/C8H7BrClNO2.C8H8ClNO2/c1-13-8(12)4-2-5(9)6(10)3-7(4)11;1-12-8(11)6-3-2-5(9)4-7(6)10/h2-3H,11H2,1H3;2-4H,10H2,1H3. The fourth-order valence-corrected chi connectivity index (χ4v) is 2.37. The molecular weight excluding hydrogens is 435 g/mol. The van der Waals surface area contributed by atoms with Gasteiger partial charge >= 0.3 is 11.9 Å². The van der Waals surface area contributed by atoms with Gasteiger partial charge in [0.25, 0.3) is 0 Å². The van der Waals surface area contributed by atoms with Crippen LogP contribution in [0.1, 0.15) is 20.7 Å². The molecule has 0 heterocycles. The van der Waals surface area contributed by atoms with Crippen molar-refractivity contribution in [2.45, 2.75) is 0 Å². The number of carbonyl (C=O) groups excluding carboxylic acids is 2. The van der Waals surface area contributed by atoms with Crippen LogP contribution in [0.15, 0.2) is 34.8 Å². The summed E-state index contributed by atoms with van der Waals surface area (Å²) in [4.78, 5) is 22.1. The largest absolute Gasteiger partial charge is 0.465 e. The summed E-state index contributed by atoms with van der Waals surface area (Å²) in [6, 6.07) is 7.66. The van der Waals surface area contributed by atoms with E-state index in [1.807, 2.05) is 0 Å². The first-order chi connectivity index (χ1) is 11.7. The van der Waals surface area contributed by atoms with E-state index in [0.717, 1.165) is 0 Å². The third-order valence-electron chi connectivity index (χ3n) is 2.92. The number of hydrogen-bond acceptors (Lipinski definition) is 6. The van der Waals surface area contributed by atoms with Crippen molar-refractivity contribution in [1.29, 1.82) is 0 Å². The number of anilines is 2. The Bertz CT molecular complexity index is 800. The van der Waals surface area contributed by atoms with Crippen LogP contribution in [0, 0.1) is 0 Å². The Morgan fingerprint density at radius 2 is 1.44 bits per heavy atom. The zero-order chi connectivity index (χ0) is 19.1. The Morgan fingerprint density at radius 1 is 0.920 bits per heavy atom. The lowest BCUT2D eigenvalue weighted by molar-refractivity contribution is 0.0593. The maximum atomic E-state index is 11.1. The molecule has 0 aliphatic heterocycles. The van der Waals surface area contributed by atoms with Crippen LogP contribution in [0.2, 0.25) is 10.0 Å². The zero-order valence-corrected chi connectivity index (χ0v) is 16.4. The van der Waals surface area contributed by atoms with Crippen molar-refractivity contribution in [2.75, 3.05) is 25.7 Å². The lowest BCUT2D eigenvalue weighted by Gasteiger charge is -2.05. The van der Waals surface area contributed by atoms with Crippen molar-refractivity contribution in [3.63, 3.8) is 0 Å². The van der Waals surface area contributed by atoms with Crippen LogP contribution >= 0.6 is 39.1 Å². The van der Waals surface area contributed by atoms with E-state index in [1.54, 1.807) is 6.07 Å². The summed E-state index contributed by atoms with van der Waals surface area (Å²) in [7, 11) is 2.60. The molecule has 6 nitrogen and oxygen atoms in total. The third kappa shape index (κ3) is 5.81. The molecule has 0 atom stereocenters.